The van der Waals surface area contributed by atoms with Crippen LogP contribution in [0.15, 0.2) is 6.20 Å². The van der Waals surface area contributed by atoms with Gasteiger partial charge in [0.25, 0.3) is 0 Å². The Labute approximate surface area is 96.3 Å². The molecule has 1 aromatic heterocycles. The summed E-state index contributed by atoms with van der Waals surface area (Å²) in [7, 11) is 0. The number of aliphatic hydroxyl groups is 2. The zero-order valence-corrected chi connectivity index (χ0v) is 9.36. The molecule has 1 rings (SSSR count). The zero-order valence-electron chi connectivity index (χ0n) is 8.54. The van der Waals surface area contributed by atoms with E-state index in [0.29, 0.717) is 0 Å². The molecule has 0 saturated heterocycles. The van der Waals surface area contributed by atoms with Gasteiger partial charge in [0.15, 0.2) is 5.12 Å². The molecule has 1 heterocycles. The van der Waals surface area contributed by atoms with Crippen LogP contribution in [0.5, 0.6) is 0 Å². The van der Waals surface area contributed by atoms with Gasteiger partial charge < -0.3 is 10.2 Å². The van der Waals surface area contributed by atoms with E-state index in [9.17, 15) is 15.0 Å². The Bertz CT molecular complexity index is 412. The van der Waals surface area contributed by atoms with Crippen molar-refractivity contribution in [3.8, 4) is 6.07 Å². The Morgan fingerprint density at radius 1 is 1.75 bits per heavy atom. The van der Waals surface area contributed by atoms with E-state index in [1.165, 1.54) is 13.1 Å². The molecule has 1 aromatic rings. The molecule has 7 heteroatoms. The molecule has 0 aromatic carbocycles. The SMILES string of the molecule is CC(=O)SCC(O)C(O)c1cn[nH]c1C#N. The third kappa shape index (κ3) is 3.06. The summed E-state index contributed by atoms with van der Waals surface area (Å²) in [5.41, 5.74) is 0.346. The van der Waals surface area contributed by atoms with Crippen LogP contribution >= 0.6 is 11.8 Å². The normalized spacial score (nSPS) is 14.1. The molecule has 0 aliphatic rings. The predicted molar refractivity (Wildman–Crippen MR) is 57.4 cm³/mol. The fourth-order valence-corrected chi connectivity index (χ4v) is 1.70. The molecule has 6 nitrogen and oxygen atoms in total. The first-order valence-corrected chi connectivity index (χ1v) is 5.47. The summed E-state index contributed by atoms with van der Waals surface area (Å²) < 4.78 is 0. The van der Waals surface area contributed by atoms with Crippen LogP contribution in [0.4, 0.5) is 0 Å². The number of hydrogen-bond acceptors (Lipinski definition) is 6. The summed E-state index contributed by atoms with van der Waals surface area (Å²) in [6.07, 6.45) is -1.05. The quantitative estimate of drug-likeness (QED) is 0.682. The molecule has 0 bridgehead atoms. The second-order valence-corrected chi connectivity index (χ2v) is 4.32. The fourth-order valence-electron chi connectivity index (χ4n) is 1.11. The topological polar surface area (TPSA) is 110 Å². The third-order valence-corrected chi connectivity index (χ3v) is 2.84. The number of aromatic amines is 1. The minimum atomic E-state index is -1.22. The number of aromatic nitrogens is 2. The number of hydrogen-bond donors (Lipinski definition) is 3. The molecule has 0 radical (unpaired) electrons. The molecular weight excluding hydrogens is 230 g/mol. The highest BCUT2D eigenvalue weighted by Crippen LogP contribution is 2.21. The molecule has 86 valence electrons. The van der Waals surface area contributed by atoms with E-state index in [-0.39, 0.29) is 22.1 Å². The minimum Gasteiger partial charge on any atom is -0.389 e. The van der Waals surface area contributed by atoms with Crippen LogP contribution in [0.1, 0.15) is 24.3 Å². The number of nitrogens with zero attached hydrogens (tertiary/aromatic N) is 2. The van der Waals surface area contributed by atoms with E-state index in [1.807, 2.05) is 6.07 Å². The van der Waals surface area contributed by atoms with Crippen LogP contribution in [0, 0.1) is 11.3 Å². The van der Waals surface area contributed by atoms with Gasteiger partial charge in [0.2, 0.25) is 0 Å². The predicted octanol–water partition coefficient (Wildman–Crippen LogP) is -0.0446. The van der Waals surface area contributed by atoms with Crippen LogP contribution in [0.25, 0.3) is 0 Å². The summed E-state index contributed by atoms with van der Waals surface area (Å²) in [6.45, 7) is 1.38. The van der Waals surface area contributed by atoms with Crippen LogP contribution in [-0.4, -0.2) is 37.4 Å². The molecule has 0 aliphatic carbocycles. The van der Waals surface area contributed by atoms with E-state index in [1.54, 1.807) is 0 Å². The molecule has 0 fully saturated rings. The number of H-pyrrole nitrogens is 1. The van der Waals surface area contributed by atoms with Crippen molar-refractivity contribution in [3.05, 3.63) is 17.5 Å². The molecule has 2 atom stereocenters. The highest BCUT2D eigenvalue weighted by Gasteiger charge is 2.23. The number of rotatable bonds is 4. The lowest BCUT2D eigenvalue weighted by atomic mass is 10.1. The molecule has 0 aliphatic heterocycles. The fraction of sp³-hybridized carbons (Fsp3) is 0.444. The maximum Gasteiger partial charge on any atom is 0.185 e. The maximum atomic E-state index is 10.7. The highest BCUT2D eigenvalue weighted by atomic mass is 32.2. The largest absolute Gasteiger partial charge is 0.389 e. The van der Waals surface area contributed by atoms with Crippen molar-refractivity contribution in [2.45, 2.75) is 19.1 Å². The van der Waals surface area contributed by atoms with Gasteiger partial charge in [-0.05, 0) is 0 Å². The Morgan fingerprint density at radius 2 is 2.44 bits per heavy atom. The van der Waals surface area contributed by atoms with E-state index in [0.717, 1.165) is 11.8 Å². The minimum absolute atomic E-state index is 0.0759. The van der Waals surface area contributed by atoms with Crippen molar-refractivity contribution < 1.29 is 15.0 Å². The summed E-state index contributed by atoms with van der Waals surface area (Å²) in [5, 5.41) is 33.8. The number of nitrogens with one attached hydrogen (secondary N) is 1. The van der Waals surface area contributed by atoms with Crippen LogP contribution in [0.3, 0.4) is 0 Å². The average molecular weight is 241 g/mol. The van der Waals surface area contributed by atoms with Crippen molar-refractivity contribution in [1.29, 1.82) is 5.26 Å². The van der Waals surface area contributed by atoms with Crippen LogP contribution in [-0.2, 0) is 4.79 Å². The first kappa shape index (κ1) is 12.7. The Kier molecular flexibility index (Phi) is 4.49. The first-order valence-electron chi connectivity index (χ1n) is 4.49. The second-order valence-electron chi connectivity index (χ2n) is 3.13. The lowest BCUT2D eigenvalue weighted by Gasteiger charge is -2.15. The Morgan fingerprint density at radius 3 is 3.00 bits per heavy atom. The standard InChI is InChI=1S/C9H11N3O3S/c1-5(13)16-4-8(14)9(15)6-3-11-12-7(6)2-10/h3,8-9,14-15H,4H2,1H3,(H,11,12). The maximum absolute atomic E-state index is 10.7. The summed E-state index contributed by atoms with van der Waals surface area (Å²) >= 11 is 0.916. The number of nitriles is 1. The molecule has 0 saturated carbocycles. The lowest BCUT2D eigenvalue weighted by Crippen LogP contribution is -2.21. The molecule has 16 heavy (non-hydrogen) atoms. The molecule has 3 N–H and O–H groups in total. The summed E-state index contributed by atoms with van der Waals surface area (Å²) in [6, 6.07) is 1.81. The van der Waals surface area contributed by atoms with Crippen molar-refractivity contribution in [3.63, 3.8) is 0 Å². The second kappa shape index (κ2) is 5.65. The van der Waals surface area contributed by atoms with Crippen LogP contribution < -0.4 is 0 Å². The first-order chi connectivity index (χ1) is 7.56. The third-order valence-electron chi connectivity index (χ3n) is 1.92. The number of carbonyl (C=O) groups is 1. The Balaban J connectivity index is 2.67. The smallest absolute Gasteiger partial charge is 0.185 e. The Hall–Kier alpha value is -1.36. The van der Waals surface area contributed by atoms with Gasteiger partial charge in [-0.15, -0.1) is 0 Å². The van der Waals surface area contributed by atoms with E-state index >= 15 is 0 Å². The van der Waals surface area contributed by atoms with E-state index in [4.69, 9.17) is 5.26 Å². The average Bonchev–Trinajstić information content (AvgIpc) is 2.72. The van der Waals surface area contributed by atoms with Crippen molar-refractivity contribution in [2.75, 3.05) is 5.75 Å². The van der Waals surface area contributed by atoms with E-state index < -0.39 is 12.2 Å². The molecule has 0 amide bonds. The number of thioether (sulfide) groups is 1. The molecular formula is C9H11N3O3S. The summed E-state index contributed by atoms with van der Waals surface area (Å²) in [4.78, 5) is 10.7. The van der Waals surface area contributed by atoms with Gasteiger partial charge in [-0.25, -0.2) is 0 Å². The lowest BCUT2D eigenvalue weighted by molar-refractivity contribution is -0.109. The highest BCUT2D eigenvalue weighted by molar-refractivity contribution is 8.13. The monoisotopic (exact) mass is 241 g/mol. The van der Waals surface area contributed by atoms with Crippen molar-refractivity contribution >= 4 is 16.9 Å². The molecule has 2 unspecified atom stereocenters. The van der Waals surface area contributed by atoms with Gasteiger partial charge in [-0.3, -0.25) is 9.89 Å². The van der Waals surface area contributed by atoms with Crippen LogP contribution in [0.2, 0.25) is 0 Å². The van der Waals surface area contributed by atoms with Gasteiger partial charge >= 0.3 is 0 Å². The van der Waals surface area contributed by atoms with Crippen molar-refractivity contribution in [1.82, 2.24) is 10.2 Å². The van der Waals surface area contributed by atoms with Gasteiger partial charge in [0.1, 0.15) is 17.9 Å². The number of aliphatic hydroxyl groups excluding tert-OH is 2. The number of carbonyl (C=O) groups excluding carboxylic acids is 1. The van der Waals surface area contributed by atoms with Gasteiger partial charge in [-0.2, -0.15) is 10.4 Å². The van der Waals surface area contributed by atoms with Crippen molar-refractivity contribution in [2.24, 2.45) is 0 Å². The molecule has 0 spiro atoms. The van der Waals surface area contributed by atoms with Gasteiger partial charge in [0, 0.05) is 18.2 Å². The van der Waals surface area contributed by atoms with E-state index in [2.05, 4.69) is 10.2 Å². The summed E-state index contributed by atoms with van der Waals surface area (Å²) in [5.74, 6) is 0.0759. The van der Waals surface area contributed by atoms with Gasteiger partial charge in [0.05, 0.1) is 12.3 Å². The van der Waals surface area contributed by atoms with Gasteiger partial charge in [-0.1, -0.05) is 11.8 Å². The zero-order chi connectivity index (χ0) is 12.1.